The lowest BCUT2D eigenvalue weighted by Gasteiger charge is -2.28. The molecular formula is C24H29N3O3. The Bertz CT molecular complexity index is 898. The molecule has 2 aliphatic rings. The molecule has 4 rings (SSSR count). The number of guanidine groups is 1. The minimum Gasteiger partial charge on any atom is -0.494 e. The molecule has 2 aliphatic heterocycles. The van der Waals surface area contributed by atoms with Crippen molar-refractivity contribution in [1.82, 2.24) is 10.2 Å². The lowest BCUT2D eigenvalue weighted by atomic mass is 10.0. The van der Waals surface area contributed by atoms with Crippen LogP contribution in [0, 0.1) is 0 Å². The fourth-order valence-corrected chi connectivity index (χ4v) is 4.04. The summed E-state index contributed by atoms with van der Waals surface area (Å²) in [5.74, 6) is 1.43. The summed E-state index contributed by atoms with van der Waals surface area (Å²) < 4.78 is 5.95. The lowest BCUT2D eigenvalue weighted by molar-refractivity contribution is -0.121. The molecule has 1 atom stereocenters. The molecule has 158 valence electrons. The van der Waals surface area contributed by atoms with E-state index in [1.54, 1.807) is 0 Å². The zero-order chi connectivity index (χ0) is 20.8. The third-order valence-electron chi connectivity index (χ3n) is 5.62. The summed E-state index contributed by atoms with van der Waals surface area (Å²) in [5.41, 5.74) is 2.92. The molecule has 0 saturated carbocycles. The van der Waals surface area contributed by atoms with Gasteiger partial charge in [0.1, 0.15) is 11.8 Å². The van der Waals surface area contributed by atoms with E-state index >= 15 is 0 Å². The molecule has 1 fully saturated rings. The number of carbonyl (C=O) groups is 1. The highest BCUT2D eigenvalue weighted by Crippen LogP contribution is 2.36. The number of benzene rings is 2. The second kappa shape index (κ2) is 9.76. The summed E-state index contributed by atoms with van der Waals surface area (Å²) in [7, 11) is 0. The van der Waals surface area contributed by atoms with Crippen molar-refractivity contribution in [2.24, 2.45) is 4.99 Å². The van der Waals surface area contributed by atoms with E-state index in [9.17, 15) is 4.79 Å². The average Bonchev–Trinajstić information content (AvgIpc) is 3.09. The zero-order valence-corrected chi connectivity index (χ0v) is 17.2. The van der Waals surface area contributed by atoms with Gasteiger partial charge in [0.2, 0.25) is 5.96 Å². The average molecular weight is 408 g/mol. The summed E-state index contributed by atoms with van der Waals surface area (Å²) in [5, 5.41) is 11.7. The van der Waals surface area contributed by atoms with E-state index < -0.39 is 0 Å². The van der Waals surface area contributed by atoms with Gasteiger partial charge in [-0.3, -0.25) is 10.1 Å². The molecule has 6 heteroatoms. The number of hydrogen-bond donors (Lipinski definition) is 2. The Morgan fingerprint density at radius 3 is 2.60 bits per heavy atom. The van der Waals surface area contributed by atoms with Crippen LogP contribution in [0.3, 0.4) is 0 Å². The first kappa shape index (κ1) is 20.4. The maximum absolute atomic E-state index is 12.6. The number of amides is 1. The van der Waals surface area contributed by atoms with Crippen LogP contribution in [0.4, 0.5) is 5.69 Å². The van der Waals surface area contributed by atoms with Crippen LogP contribution in [0.2, 0.25) is 0 Å². The second-order valence-corrected chi connectivity index (χ2v) is 7.85. The fourth-order valence-electron chi connectivity index (χ4n) is 4.04. The van der Waals surface area contributed by atoms with Crippen molar-refractivity contribution in [2.45, 2.75) is 51.1 Å². The summed E-state index contributed by atoms with van der Waals surface area (Å²) in [6, 6.07) is 15.4. The highest BCUT2D eigenvalue weighted by molar-refractivity contribution is 6.08. The molecule has 2 aromatic carbocycles. The summed E-state index contributed by atoms with van der Waals surface area (Å²) in [6.07, 6.45) is 6.53. The van der Waals surface area contributed by atoms with Crippen molar-refractivity contribution in [1.29, 1.82) is 0 Å². The Balaban J connectivity index is 1.35. The molecular weight excluding hydrogens is 378 g/mol. The first-order valence-corrected chi connectivity index (χ1v) is 10.8. The molecule has 0 radical (unpaired) electrons. The molecule has 2 heterocycles. The standard InChI is InChI=1S/C24H29N3O3/c28-14-8-3-1-2-4-9-15-30-20-12-13-21-19(16-20)17-27-22(18-10-6-5-7-11-18)23(29)26-24(27)25-21/h5-7,10-13,16,22,28H,1-4,8-9,14-15,17H2,(H,25,26,29). The topological polar surface area (TPSA) is 74.2 Å². The van der Waals surface area contributed by atoms with Crippen LogP contribution in [0.5, 0.6) is 5.75 Å². The number of carbonyl (C=O) groups excluding carboxylic acids is 1. The molecule has 1 unspecified atom stereocenters. The van der Waals surface area contributed by atoms with Crippen LogP contribution in [0.15, 0.2) is 53.5 Å². The molecule has 2 aromatic rings. The Hall–Kier alpha value is -2.86. The van der Waals surface area contributed by atoms with Gasteiger partial charge in [-0.05, 0) is 36.6 Å². The van der Waals surface area contributed by atoms with Crippen molar-refractivity contribution in [3.05, 3.63) is 59.7 Å². The number of aliphatic imine (C=N–C) groups is 1. The van der Waals surface area contributed by atoms with Crippen LogP contribution in [-0.4, -0.2) is 35.1 Å². The van der Waals surface area contributed by atoms with Crippen molar-refractivity contribution < 1.29 is 14.6 Å². The molecule has 0 spiro atoms. The highest BCUT2D eigenvalue weighted by Gasteiger charge is 2.39. The van der Waals surface area contributed by atoms with E-state index in [0.29, 0.717) is 25.7 Å². The number of nitrogens with one attached hydrogen (secondary N) is 1. The van der Waals surface area contributed by atoms with Crippen LogP contribution in [0.25, 0.3) is 0 Å². The Kier molecular flexibility index (Phi) is 6.64. The van der Waals surface area contributed by atoms with E-state index in [4.69, 9.17) is 9.84 Å². The highest BCUT2D eigenvalue weighted by atomic mass is 16.5. The largest absolute Gasteiger partial charge is 0.494 e. The minimum absolute atomic E-state index is 0.0387. The van der Waals surface area contributed by atoms with E-state index in [-0.39, 0.29) is 11.9 Å². The van der Waals surface area contributed by atoms with E-state index in [1.165, 1.54) is 12.8 Å². The first-order valence-electron chi connectivity index (χ1n) is 10.8. The number of aliphatic hydroxyl groups is 1. The third kappa shape index (κ3) is 4.65. The van der Waals surface area contributed by atoms with Crippen LogP contribution < -0.4 is 10.1 Å². The number of nitrogens with zero attached hydrogens (tertiary/aromatic N) is 2. The molecule has 0 aromatic heterocycles. The van der Waals surface area contributed by atoms with Gasteiger partial charge in [-0.15, -0.1) is 0 Å². The van der Waals surface area contributed by atoms with Gasteiger partial charge in [-0.2, -0.15) is 0 Å². The molecule has 30 heavy (non-hydrogen) atoms. The van der Waals surface area contributed by atoms with Crippen LogP contribution in [-0.2, 0) is 11.3 Å². The summed E-state index contributed by atoms with van der Waals surface area (Å²) in [6.45, 7) is 1.61. The molecule has 0 bridgehead atoms. The summed E-state index contributed by atoms with van der Waals surface area (Å²) in [4.78, 5) is 19.3. The predicted octanol–water partition coefficient (Wildman–Crippen LogP) is 4.07. The molecule has 2 N–H and O–H groups in total. The number of aliphatic hydroxyl groups excluding tert-OH is 1. The fraction of sp³-hybridized carbons (Fsp3) is 0.417. The normalized spacial score (nSPS) is 17.2. The summed E-state index contributed by atoms with van der Waals surface area (Å²) >= 11 is 0. The number of unbranched alkanes of at least 4 members (excludes halogenated alkanes) is 5. The smallest absolute Gasteiger partial charge is 0.254 e. The van der Waals surface area contributed by atoms with Gasteiger partial charge in [0.15, 0.2) is 0 Å². The van der Waals surface area contributed by atoms with Gasteiger partial charge >= 0.3 is 0 Å². The van der Waals surface area contributed by atoms with Gasteiger partial charge in [0.25, 0.3) is 5.91 Å². The zero-order valence-electron chi connectivity index (χ0n) is 17.2. The molecule has 1 saturated heterocycles. The lowest BCUT2D eigenvalue weighted by Crippen LogP contribution is -2.33. The van der Waals surface area contributed by atoms with Crippen LogP contribution >= 0.6 is 0 Å². The third-order valence-corrected chi connectivity index (χ3v) is 5.62. The predicted molar refractivity (Wildman–Crippen MR) is 117 cm³/mol. The first-order chi connectivity index (χ1) is 14.8. The maximum Gasteiger partial charge on any atom is 0.254 e. The van der Waals surface area contributed by atoms with Crippen molar-refractivity contribution in [3.63, 3.8) is 0 Å². The van der Waals surface area contributed by atoms with Gasteiger partial charge in [-0.25, -0.2) is 4.99 Å². The van der Waals surface area contributed by atoms with Gasteiger partial charge < -0.3 is 14.7 Å². The number of fused-ring (bicyclic) bond motifs is 2. The van der Waals surface area contributed by atoms with Crippen LogP contribution in [0.1, 0.15) is 55.7 Å². The van der Waals surface area contributed by atoms with E-state index in [2.05, 4.69) is 10.3 Å². The van der Waals surface area contributed by atoms with Crippen molar-refractivity contribution in [3.8, 4) is 5.75 Å². The Morgan fingerprint density at radius 2 is 1.80 bits per heavy atom. The maximum atomic E-state index is 12.6. The molecule has 6 nitrogen and oxygen atoms in total. The van der Waals surface area contributed by atoms with E-state index in [1.807, 2.05) is 53.4 Å². The number of hydrogen-bond acceptors (Lipinski definition) is 5. The van der Waals surface area contributed by atoms with Gasteiger partial charge in [-0.1, -0.05) is 56.0 Å². The van der Waals surface area contributed by atoms with Gasteiger partial charge in [0.05, 0.1) is 12.3 Å². The van der Waals surface area contributed by atoms with E-state index in [0.717, 1.165) is 48.2 Å². The number of ether oxygens (including phenoxy) is 1. The number of rotatable bonds is 10. The monoisotopic (exact) mass is 407 g/mol. The quantitative estimate of drug-likeness (QED) is 0.582. The van der Waals surface area contributed by atoms with Gasteiger partial charge in [0, 0.05) is 18.7 Å². The Morgan fingerprint density at radius 1 is 1.03 bits per heavy atom. The SMILES string of the molecule is O=C1NC2=Nc3ccc(OCCCCCCCCO)cc3CN2C1c1ccccc1. The Labute approximate surface area is 177 Å². The second-order valence-electron chi connectivity index (χ2n) is 7.85. The van der Waals surface area contributed by atoms with Crippen molar-refractivity contribution >= 4 is 17.6 Å². The molecule has 1 amide bonds. The molecule has 0 aliphatic carbocycles. The minimum atomic E-state index is -0.353. The van der Waals surface area contributed by atoms with Crippen molar-refractivity contribution in [2.75, 3.05) is 13.2 Å².